The van der Waals surface area contributed by atoms with Gasteiger partial charge in [0.2, 0.25) is 0 Å². The average Bonchev–Trinajstić information content (AvgIpc) is 1.94. The summed E-state index contributed by atoms with van der Waals surface area (Å²) in [5.41, 5.74) is 0. The van der Waals surface area contributed by atoms with E-state index in [4.69, 9.17) is 0 Å². The molecule has 0 aliphatic carbocycles. The first kappa shape index (κ1) is 6.05. The summed E-state index contributed by atoms with van der Waals surface area (Å²) in [5.74, 6) is 0. The molecule has 1 aliphatic rings. The Labute approximate surface area is 50.9 Å². The minimum absolute atomic E-state index is 1.20. The Morgan fingerprint density at radius 3 is 3.00 bits per heavy atom. The zero-order valence-electron chi connectivity index (χ0n) is 5.54. The van der Waals surface area contributed by atoms with Gasteiger partial charge in [-0.1, -0.05) is 0 Å². The normalized spacial score (nSPS) is 31.9. The topological polar surface area (TPSA) is 16.5 Å². The average molecular weight is 115 g/mol. The second kappa shape index (κ2) is 3.05. The highest BCUT2D eigenvalue weighted by Gasteiger charge is 2.03. The van der Waals surface area contributed by atoms with E-state index in [1.165, 1.54) is 32.6 Å². The van der Waals surface area contributed by atoms with Gasteiger partial charge >= 0.3 is 0 Å². The largest absolute Gasteiger partial charge is 0.336 e. The Hall–Kier alpha value is -0.0800. The summed E-state index contributed by atoms with van der Waals surface area (Å²) in [6, 6.07) is 0. The molecule has 0 radical (unpaired) electrons. The van der Waals surface area contributed by atoms with Crippen molar-refractivity contribution in [2.45, 2.75) is 6.42 Å². The van der Waals surface area contributed by atoms with E-state index >= 15 is 0 Å². The van der Waals surface area contributed by atoms with E-state index in [1.54, 1.807) is 4.90 Å². The van der Waals surface area contributed by atoms with Gasteiger partial charge in [0.05, 0.1) is 20.1 Å². The summed E-state index contributed by atoms with van der Waals surface area (Å²) in [6.07, 6.45) is 1.34. The zero-order valence-corrected chi connectivity index (χ0v) is 5.54. The lowest BCUT2D eigenvalue weighted by atomic mass is 10.4. The van der Waals surface area contributed by atoms with Gasteiger partial charge in [-0.15, -0.1) is 0 Å². The van der Waals surface area contributed by atoms with Gasteiger partial charge in [0, 0.05) is 19.5 Å². The van der Waals surface area contributed by atoms with Gasteiger partial charge in [-0.3, -0.25) is 0 Å². The maximum atomic E-state index is 3.36. The number of hydrogen-bond donors (Lipinski definition) is 2. The minimum atomic E-state index is 1.20. The van der Waals surface area contributed by atoms with E-state index in [2.05, 4.69) is 12.4 Å². The first-order chi connectivity index (χ1) is 3.89. The van der Waals surface area contributed by atoms with Gasteiger partial charge < -0.3 is 10.2 Å². The Morgan fingerprint density at radius 2 is 2.12 bits per heavy atom. The molecule has 8 heavy (non-hydrogen) atoms. The summed E-state index contributed by atoms with van der Waals surface area (Å²) in [7, 11) is 2.26. The standard InChI is InChI=1S/C6H14N2/c1-8-5-2-3-7-4-6-8/h7H,2-6H2,1H3/p+1. The van der Waals surface area contributed by atoms with E-state index in [0.29, 0.717) is 0 Å². The zero-order chi connectivity index (χ0) is 5.82. The molecule has 0 amide bonds. The molecule has 2 heteroatoms. The summed E-state index contributed by atoms with van der Waals surface area (Å²) in [6.45, 7) is 5.05. The van der Waals surface area contributed by atoms with E-state index in [-0.39, 0.29) is 0 Å². The lowest BCUT2D eigenvalue weighted by Gasteiger charge is -2.07. The number of hydrogen-bond acceptors (Lipinski definition) is 1. The predicted octanol–water partition coefficient (Wildman–Crippen LogP) is -1.51. The van der Waals surface area contributed by atoms with Crippen LogP contribution in [0.4, 0.5) is 0 Å². The molecule has 0 bridgehead atoms. The molecule has 0 aromatic carbocycles. The van der Waals surface area contributed by atoms with E-state index in [0.717, 1.165) is 0 Å². The van der Waals surface area contributed by atoms with Crippen LogP contribution in [-0.2, 0) is 0 Å². The Kier molecular flexibility index (Phi) is 2.30. The van der Waals surface area contributed by atoms with Crippen LogP contribution in [0.15, 0.2) is 0 Å². The fourth-order valence-electron chi connectivity index (χ4n) is 1.07. The molecule has 0 aromatic rings. The summed E-state index contributed by atoms with van der Waals surface area (Å²) in [4.78, 5) is 1.66. The van der Waals surface area contributed by atoms with E-state index < -0.39 is 0 Å². The second-order valence-electron chi connectivity index (χ2n) is 2.56. The molecule has 0 aromatic heterocycles. The van der Waals surface area contributed by atoms with Crippen LogP contribution < -0.4 is 10.2 Å². The molecule has 1 unspecified atom stereocenters. The number of nitrogens with one attached hydrogen (secondary N) is 2. The van der Waals surface area contributed by atoms with Crippen LogP contribution in [0.2, 0.25) is 0 Å². The first-order valence-corrected chi connectivity index (χ1v) is 3.41. The van der Waals surface area contributed by atoms with Crippen LogP contribution in [0.1, 0.15) is 6.42 Å². The monoisotopic (exact) mass is 115 g/mol. The third kappa shape index (κ3) is 1.80. The lowest BCUT2D eigenvalue weighted by molar-refractivity contribution is -0.877. The van der Waals surface area contributed by atoms with Crippen LogP contribution in [0, 0.1) is 0 Å². The summed E-state index contributed by atoms with van der Waals surface area (Å²) >= 11 is 0. The van der Waals surface area contributed by atoms with Gasteiger partial charge in [-0.25, -0.2) is 0 Å². The molecule has 0 spiro atoms. The van der Waals surface area contributed by atoms with Crippen molar-refractivity contribution < 1.29 is 4.90 Å². The Morgan fingerprint density at radius 1 is 1.25 bits per heavy atom. The van der Waals surface area contributed by atoms with Gasteiger partial charge in [0.15, 0.2) is 0 Å². The SMILES string of the molecule is C[NH+]1CCCNCC1. The number of likely N-dealkylation sites (N-methyl/N-ethyl adjacent to an activating group) is 1. The maximum absolute atomic E-state index is 3.36. The van der Waals surface area contributed by atoms with E-state index in [9.17, 15) is 0 Å². The van der Waals surface area contributed by atoms with Gasteiger partial charge in [-0.05, 0) is 0 Å². The van der Waals surface area contributed by atoms with Crippen molar-refractivity contribution in [3.63, 3.8) is 0 Å². The van der Waals surface area contributed by atoms with Crippen LogP contribution in [0.25, 0.3) is 0 Å². The minimum Gasteiger partial charge on any atom is -0.336 e. The quantitative estimate of drug-likeness (QED) is 0.392. The molecule has 1 saturated heterocycles. The Bertz CT molecular complexity index is 55.5. The maximum Gasteiger partial charge on any atom is 0.0895 e. The van der Waals surface area contributed by atoms with Crippen LogP contribution in [-0.4, -0.2) is 33.2 Å². The van der Waals surface area contributed by atoms with Crippen molar-refractivity contribution in [2.75, 3.05) is 33.2 Å². The smallest absolute Gasteiger partial charge is 0.0895 e. The molecule has 2 N–H and O–H groups in total. The molecule has 1 heterocycles. The molecule has 0 saturated carbocycles. The molecule has 1 atom stereocenters. The Balaban J connectivity index is 2.17. The van der Waals surface area contributed by atoms with Crippen molar-refractivity contribution in [3.8, 4) is 0 Å². The van der Waals surface area contributed by atoms with Crippen molar-refractivity contribution >= 4 is 0 Å². The van der Waals surface area contributed by atoms with Crippen LogP contribution in [0.3, 0.4) is 0 Å². The first-order valence-electron chi connectivity index (χ1n) is 3.41. The molecular weight excluding hydrogens is 100 g/mol. The highest BCUT2D eigenvalue weighted by molar-refractivity contribution is 4.48. The predicted molar refractivity (Wildman–Crippen MR) is 34.1 cm³/mol. The molecular formula is C6H15N2+. The second-order valence-corrected chi connectivity index (χ2v) is 2.56. The molecule has 48 valence electrons. The van der Waals surface area contributed by atoms with Gasteiger partial charge in [0.1, 0.15) is 0 Å². The lowest BCUT2D eigenvalue weighted by Crippen LogP contribution is -3.09. The molecule has 1 rings (SSSR count). The third-order valence-electron chi connectivity index (χ3n) is 1.69. The van der Waals surface area contributed by atoms with Crippen molar-refractivity contribution in [2.24, 2.45) is 0 Å². The third-order valence-corrected chi connectivity index (χ3v) is 1.69. The van der Waals surface area contributed by atoms with Crippen molar-refractivity contribution in [1.82, 2.24) is 5.32 Å². The molecule has 2 nitrogen and oxygen atoms in total. The fraction of sp³-hybridized carbons (Fsp3) is 1.00. The summed E-state index contributed by atoms with van der Waals surface area (Å²) in [5, 5.41) is 3.36. The molecule has 1 fully saturated rings. The van der Waals surface area contributed by atoms with E-state index in [1.807, 2.05) is 0 Å². The highest BCUT2D eigenvalue weighted by Crippen LogP contribution is 1.71. The van der Waals surface area contributed by atoms with Gasteiger partial charge in [0.25, 0.3) is 0 Å². The van der Waals surface area contributed by atoms with Crippen LogP contribution in [0.5, 0.6) is 0 Å². The molecule has 1 aliphatic heterocycles. The van der Waals surface area contributed by atoms with Crippen LogP contribution >= 0.6 is 0 Å². The fourth-order valence-corrected chi connectivity index (χ4v) is 1.07. The number of rotatable bonds is 0. The highest BCUT2D eigenvalue weighted by atomic mass is 15.1. The van der Waals surface area contributed by atoms with Crippen molar-refractivity contribution in [1.29, 1.82) is 0 Å². The summed E-state index contributed by atoms with van der Waals surface area (Å²) < 4.78 is 0. The van der Waals surface area contributed by atoms with Gasteiger partial charge in [-0.2, -0.15) is 0 Å². The number of quaternary nitrogens is 1. The van der Waals surface area contributed by atoms with Crippen molar-refractivity contribution in [3.05, 3.63) is 0 Å².